The average Bonchev–Trinajstić information content (AvgIpc) is 2.52. The second-order valence-corrected chi connectivity index (χ2v) is 5.45. The summed E-state index contributed by atoms with van der Waals surface area (Å²) in [5.41, 5.74) is 5.11. The van der Waals surface area contributed by atoms with Crippen LogP contribution in [0, 0.1) is 0 Å². The minimum Gasteiger partial charge on any atom is -0.496 e. The number of rotatable bonds is 8. The second-order valence-electron chi connectivity index (χ2n) is 5.01. The number of nitrogens with one attached hydrogen (secondary N) is 2. The van der Waals surface area contributed by atoms with Crippen molar-refractivity contribution in [3.05, 3.63) is 28.8 Å². The molecule has 0 bridgehead atoms. The first kappa shape index (κ1) is 18.3. The van der Waals surface area contributed by atoms with Gasteiger partial charge in [0.1, 0.15) is 5.75 Å². The topological polar surface area (TPSA) is 67.4 Å². The second kappa shape index (κ2) is 10.1. The van der Waals surface area contributed by atoms with Gasteiger partial charge in [0.2, 0.25) is 5.91 Å². The van der Waals surface area contributed by atoms with Gasteiger partial charge in [0.05, 0.1) is 12.7 Å². The van der Waals surface area contributed by atoms with Crippen LogP contribution in [0.3, 0.4) is 0 Å². The normalized spacial score (nSPS) is 10.1. The van der Waals surface area contributed by atoms with Gasteiger partial charge < -0.3 is 4.74 Å². The number of hydrazine groups is 1. The van der Waals surface area contributed by atoms with Crippen molar-refractivity contribution in [1.29, 1.82) is 0 Å². The van der Waals surface area contributed by atoms with Crippen molar-refractivity contribution in [2.75, 3.05) is 7.11 Å². The summed E-state index contributed by atoms with van der Waals surface area (Å²) in [5.74, 6) is -0.274. The van der Waals surface area contributed by atoms with Gasteiger partial charge >= 0.3 is 0 Å². The highest BCUT2D eigenvalue weighted by Gasteiger charge is 2.13. The van der Waals surface area contributed by atoms with E-state index in [9.17, 15) is 9.59 Å². The standard InChI is InChI=1S/C16H23ClN2O3/c1-3-4-5-6-7-8-15(20)18-19-16(21)13-10-9-12(17)11-14(13)22-2/h9-11H,3-8H2,1-2H3,(H,18,20)(H,19,21). The third-order valence-corrected chi connectivity index (χ3v) is 3.47. The molecule has 0 atom stereocenters. The van der Waals surface area contributed by atoms with Crippen molar-refractivity contribution < 1.29 is 14.3 Å². The van der Waals surface area contributed by atoms with Gasteiger partial charge in [-0.1, -0.05) is 44.2 Å². The fourth-order valence-electron chi connectivity index (χ4n) is 2.00. The lowest BCUT2D eigenvalue weighted by Gasteiger charge is -2.10. The molecule has 0 heterocycles. The van der Waals surface area contributed by atoms with E-state index in [0.29, 0.717) is 22.8 Å². The molecule has 0 aliphatic heterocycles. The summed E-state index contributed by atoms with van der Waals surface area (Å²) in [6.07, 6.45) is 5.76. The van der Waals surface area contributed by atoms with E-state index in [-0.39, 0.29) is 5.91 Å². The minimum atomic E-state index is -0.437. The number of methoxy groups -OCH3 is 1. The van der Waals surface area contributed by atoms with Crippen LogP contribution in [-0.2, 0) is 4.79 Å². The number of benzene rings is 1. The summed E-state index contributed by atoms with van der Waals surface area (Å²) in [5, 5.41) is 0.476. The maximum atomic E-state index is 12.0. The van der Waals surface area contributed by atoms with Crippen molar-refractivity contribution in [2.24, 2.45) is 0 Å². The van der Waals surface area contributed by atoms with E-state index >= 15 is 0 Å². The van der Waals surface area contributed by atoms with Crippen molar-refractivity contribution in [2.45, 2.75) is 45.4 Å². The molecule has 0 spiro atoms. The zero-order valence-electron chi connectivity index (χ0n) is 13.1. The van der Waals surface area contributed by atoms with Crippen LogP contribution < -0.4 is 15.6 Å². The molecule has 2 N–H and O–H groups in total. The Bertz CT molecular complexity index is 506. The van der Waals surface area contributed by atoms with Gasteiger partial charge in [0, 0.05) is 11.4 Å². The predicted molar refractivity (Wildman–Crippen MR) is 87.0 cm³/mol. The Kier molecular flexibility index (Phi) is 8.36. The van der Waals surface area contributed by atoms with Crippen LogP contribution in [0.2, 0.25) is 5.02 Å². The fourth-order valence-corrected chi connectivity index (χ4v) is 2.16. The number of hydrogen-bond donors (Lipinski definition) is 2. The molecule has 0 unspecified atom stereocenters. The van der Waals surface area contributed by atoms with Gasteiger partial charge in [-0.15, -0.1) is 0 Å². The highest BCUT2D eigenvalue weighted by atomic mass is 35.5. The lowest BCUT2D eigenvalue weighted by molar-refractivity contribution is -0.122. The molecule has 0 aliphatic carbocycles. The van der Waals surface area contributed by atoms with E-state index in [1.54, 1.807) is 18.2 Å². The third kappa shape index (κ3) is 6.35. The van der Waals surface area contributed by atoms with Gasteiger partial charge in [-0.2, -0.15) is 0 Å². The largest absolute Gasteiger partial charge is 0.496 e. The van der Waals surface area contributed by atoms with Crippen LogP contribution in [0.4, 0.5) is 0 Å². The summed E-state index contributed by atoms with van der Waals surface area (Å²) < 4.78 is 5.10. The van der Waals surface area contributed by atoms with Crippen LogP contribution in [0.15, 0.2) is 18.2 Å². The summed E-state index contributed by atoms with van der Waals surface area (Å²) in [7, 11) is 1.46. The lowest BCUT2D eigenvalue weighted by Crippen LogP contribution is -2.41. The first-order valence-electron chi connectivity index (χ1n) is 7.51. The molecule has 1 aromatic rings. The first-order valence-corrected chi connectivity index (χ1v) is 7.89. The van der Waals surface area contributed by atoms with Crippen molar-refractivity contribution in [3.8, 4) is 5.75 Å². The van der Waals surface area contributed by atoms with E-state index in [2.05, 4.69) is 17.8 Å². The molecule has 6 heteroatoms. The Labute approximate surface area is 136 Å². The van der Waals surface area contributed by atoms with E-state index in [4.69, 9.17) is 16.3 Å². The zero-order valence-corrected chi connectivity index (χ0v) is 13.8. The maximum absolute atomic E-state index is 12.0. The van der Waals surface area contributed by atoms with Gasteiger partial charge in [-0.05, 0) is 24.6 Å². The first-order chi connectivity index (χ1) is 10.6. The Hall–Kier alpha value is -1.75. The Morgan fingerprint density at radius 3 is 2.55 bits per heavy atom. The monoisotopic (exact) mass is 326 g/mol. The minimum absolute atomic E-state index is 0.197. The number of ether oxygens (including phenoxy) is 1. The third-order valence-electron chi connectivity index (χ3n) is 3.23. The summed E-state index contributed by atoms with van der Waals surface area (Å²) in [6.45, 7) is 2.15. The van der Waals surface area contributed by atoms with Crippen LogP contribution in [0.25, 0.3) is 0 Å². The van der Waals surface area contributed by atoms with Crippen molar-refractivity contribution >= 4 is 23.4 Å². The number of hydrogen-bond acceptors (Lipinski definition) is 3. The van der Waals surface area contributed by atoms with Crippen molar-refractivity contribution in [1.82, 2.24) is 10.9 Å². The maximum Gasteiger partial charge on any atom is 0.273 e. The molecule has 0 aliphatic rings. The van der Waals surface area contributed by atoms with Crippen molar-refractivity contribution in [3.63, 3.8) is 0 Å². The molecular formula is C16H23ClN2O3. The lowest BCUT2D eigenvalue weighted by atomic mass is 10.1. The molecule has 0 saturated heterocycles. The Balaban J connectivity index is 2.38. The molecule has 1 aromatic carbocycles. The summed E-state index contributed by atoms with van der Waals surface area (Å²) in [6, 6.07) is 4.69. The van der Waals surface area contributed by atoms with E-state index in [1.165, 1.54) is 20.0 Å². The number of carbonyl (C=O) groups is 2. The molecule has 0 fully saturated rings. The molecule has 2 amide bonds. The average molecular weight is 327 g/mol. The van der Waals surface area contributed by atoms with Gasteiger partial charge in [-0.3, -0.25) is 20.4 Å². The highest BCUT2D eigenvalue weighted by Crippen LogP contribution is 2.22. The molecule has 0 saturated carbocycles. The van der Waals surface area contributed by atoms with Crippen LogP contribution in [0.1, 0.15) is 55.8 Å². The van der Waals surface area contributed by atoms with E-state index < -0.39 is 5.91 Å². The van der Waals surface area contributed by atoms with Crippen LogP contribution >= 0.6 is 11.6 Å². The molecule has 0 radical (unpaired) electrons. The van der Waals surface area contributed by atoms with Gasteiger partial charge in [0.15, 0.2) is 0 Å². The smallest absolute Gasteiger partial charge is 0.273 e. The molecule has 1 rings (SSSR count). The Morgan fingerprint density at radius 1 is 1.14 bits per heavy atom. The molecule has 5 nitrogen and oxygen atoms in total. The number of carbonyl (C=O) groups excluding carboxylic acids is 2. The van der Waals surface area contributed by atoms with Crippen LogP contribution in [-0.4, -0.2) is 18.9 Å². The molecular weight excluding hydrogens is 304 g/mol. The number of halogens is 1. The van der Waals surface area contributed by atoms with E-state index in [0.717, 1.165) is 19.3 Å². The zero-order chi connectivity index (χ0) is 16.4. The number of unbranched alkanes of at least 4 members (excludes halogenated alkanes) is 4. The molecule has 0 aromatic heterocycles. The Morgan fingerprint density at radius 2 is 1.86 bits per heavy atom. The predicted octanol–water partition coefficient (Wildman–Crippen LogP) is 3.47. The molecule has 122 valence electrons. The van der Waals surface area contributed by atoms with Gasteiger partial charge in [0.25, 0.3) is 5.91 Å². The molecule has 22 heavy (non-hydrogen) atoms. The van der Waals surface area contributed by atoms with Gasteiger partial charge in [-0.25, -0.2) is 0 Å². The summed E-state index contributed by atoms with van der Waals surface area (Å²) in [4.78, 5) is 23.6. The quantitative estimate of drug-likeness (QED) is 0.568. The SMILES string of the molecule is CCCCCCCC(=O)NNC(=O)c1ccc(Cl)cc1OC. The highest BCUT2D eigenvalue weighted by molar-refractivity contribution is 6.30. The summed E-state index contributed by atoms with van der Waals surface area (Å²) >= 11 is 5.84. The fraction of sp³-hybridized carbons (Fsp3) is 0.500. The number of amides is 2. The van der Waals surface area contributed by atoms with Crippen LogP contribution in [0.5, 0.6) is 5.75 Å². The van der Waals surface area contributed by atoms with E-state index in [1.807, 2.05) is 0 Å².